The largest absolute Gasteiger partial charge is 0.347 e. The summed E-state index contributed by atoms with van der Waals surface area (Å²) in [6, 6.07) is 6.64. The van der Waals surface area contributed by atoms with Crippen molar-refractivity contribution in [2.24, 2.45) is 0 Å². The third-order valence-electron chi connectivity index (χ3n) is 2.68. The normalized spacial score (nSPS) is 12.2. The second-order valence-corrected chi connectivity index (χ2v) is 4.79. The first-order chi connectivity index (χ1) is 8.99. The molecule has 0 aliphatic heterocycles. The first-order valence-corrected chi connectivity index (χ1v) is 6.13. The molecule has 1 aromatic heterocycles. The van der Waals surface area contributed by atoms with Gasteiger partial charge in [-0.25, -0.2) is 0 Å². The van der Waals surface area contributed by atoms with E-state index >= 15 is 0 Å². The maximum Gasteiger partial charge on any atom is 0.248 e. The fourth-order valence-electron chi connectivity index (χ4n) is 1.58. The van der Waals surface area contributed by atoms with Gasteiger partial charge in [0.1, 0.15) is 6.04 Å². The molecule has 1 aromatic carbocycles. The molecule has 0 spiro atoms. The highest BCUT2D eigenvalue weighted by Crippen LogP contribution is 2.17. The molecule has 0 N–H and O–H groups in total. The number of carbonyl (C=O) groups excluding carboxylic acids is 1. The van der Waals surface area contributed by atoms with E-state index in [9.17, 15) is 4.79 Å². The molecule has 0 aliphatic carbocycles. The van der Waals surface area contributed by atoms with Crippen molar-refractivity contribution in [3.8, 4) is 11.4 Å². The number of carbonyl (C=O) groups is 1. The number of hydrogen-bond acceptors (Lipinski definition) is 4. The Bertz CT molecular complexity index is 578. The molecule has 0 unspecified atom stereocenters. The van der Waals surface area contributed by atoms with E-state index in [1.807, 2.05) is 12.1 Å². The number of tetrazole rings is 1. The Labute approximate surface area is 116 Å². The van der Waals surface area contributed by atoms with E-state index in [0.717, 1.165) is 5.56 Å². The van der Waals surface area contributed by atoms with Crippen molar-refractivity contribution in [3.63, 3.8) is 0 Å². The van der Waals surface area contributed by atoms with Crippen LogP contribution in [0.1, 0.15) is 13.0 Å². The lowest BCUT2D eigenvalue weighted by atomic mass is 10.2. The Balaban J connectivity index is 2.24. The summed E-state index contributed by atoms with van der Waals surface area (Å²) >= 11 is 5.82. The summed E-state index contributed by atoms with van der Waals surface area (Å²) < 4.78 is 0. The summed E-state index contributed by atoms with van der Waals surface area (Å²) in [6.07, 6.45) is 0. The molecular formula is C12H14ClN5O. The topological polar surface area (TPSA) is 63.9 Å². The Kier molecular flexibility index (Phi) is 3.80. The van der Waals surface area contributed by atoms with Gasteiger partial charge in [0.05, 0.1) is 0 Å². The van der Waals surface area contributed by atoms with E-state index in [2.05, 4.69) is 15.4 Å². The van der Waals surface area contributed by atoms with Crippen LogP contribution in [0.3, 0.4) is 0 Å². The van der Waals surface area contributed by atoms with Crippen molar-refractivity contribution in [2.75, 3.05) is 14.1 Å². The van der Waals surface area contributed by atoms with E-state index in [-0.39, 0.29) is 5.91 Å². The SMILES string of the molecule is C[C@H](C(=O)N(C)C)n1nnc(-c2ccc(Cl)cc2)n1. The predicted octanol–water partition coefficient (Wildman–Crippen LogP) is 1.64. The quantitative estimate of drug-likeness (QED) is 0.857. The van der Waals surface area contributed by atoms with Crippen molar-refractivity contribution in [1.29, 1.82) is 0 Å². The number of amides is 1. The summed E-state index contributed by atoms with van der Waals surface area (Å²) in [5.74, 6) is 0.384. The van der Waals surface area contributed by atoms with Crippen molar-refractivity contribution >= 4 is 17.5 Å². The Morgan fingerprint density at radius 1 is 1.32 bits per heavy atom. The van der Waals surface area contributed by atoms with E-state index in [1.54, 1.807) is 33.2 Å². The molecule has 2 aromatic rings. The molecule has 0 fully saturated rings. The zero-order chi connectivity index (χ0) is 14.0. The third kappa shape index (κ3) is 2.90. The molecule has 0 radical (unpaired) electrons. The highest BCUT2D eigenvalue weighted by atomic mass is 35.5. The second kappa shape index (κ2) is 5.36. The van der Waals surface area contributed by atoms with Gasteiger partial charge in [-0.2, -0.15) is 4.80 Å². The van der Waals surface area contributed by atoms with Gasteiger partial charge in [-0.3, -0.25) is 4.79 Å². The molecule has 100 valence electrons. The van der Waals surface area contributed by atoms with Crippen LogP contribution >= 0.6 is 11.6 Å². The van der Waals surface area contributed by atoms with Gasteiger partial charge in [0, 0.05) is 24.7 Å². The van der Waals surface area contributed by atoms with Crippen LogP contribution in [0.2, 0.25) is 5.02 Å². The number of aromatic nitrogens is 4. The number of benzene rings is 1. The highest BCUT2D eigenvalue weighted by molar-refractivity contribution is 6.30. The molecule has 7 heteroatoms. The second-order valence-electron chi connectivity index (χ2n) is 4.35. The zero-order valence-electron chi connectivity index (χ0n) is 10.9. The molecule has 0 bridgehead atoms. The van der Waals surface area contributed by atoms with Gasteiger partial charge in [-0.1, -0.05) is 11.6 Å². The molecule has 1 atom stereocenters. The summed E-state index contributed by atoms with van der Waals surface area (Å²) in [7, 11) is 3.38. The average Bonchev–Trinajstić information content (AvgIpc) is 2.87. The minimum absolute atomic E-state index is 0.0833. The van der Waals surface area contributed by atoms with Crippen molar-refractivity contribution < 1.29 is 4.79 Å². The lowest BCUT2D eigenvalue weighted by Gasteiger charge is -2.14. The summed E-state index contributed by atoms with van der Waals surface area (Å²) in [4.78, 5) is 14.6. The molecule has 0 saturated carbocycles. The van der Waals surface area contributed by atoms with Gasteiger partial charge in [-0.05, 0) is 36.4 Å². The van der Waals surface area contributed by atoms with Crippen LogP contribution in [0.15, 0.2) is 24.3 Å². The Morgan fingerprint density at radius 3 is 2.53 bits per heavy atom. The van der Waals surface area contributed by atoms with Crippen LogP contribution in [0.5, 0.6) is 0 Å². The first-order valence-electron chi connectivity index (χ1n) is 5.75. The molecule has 19 heavy (non-hydrogen) atoms. The smallest absolute Gasteiger partial charge is 0.248 e. The van der Waals surface area contributed by atoms with Gasteiger partial charge < -0.3 is 4.90 Å². The minimum atomic E-state index is -0.483. The van der Waals surface area contributed by atoms with Crippen molar-refractivity contribution in [2.45, 2.75) is 13.0 Å². The Morgan fingerprint density at radius 2 is 1.95 bits per heavy atom. The minimum Gasteiger partial charge on any atom is -0.347 e. The number of hydrogen-bond donors (Lipinski definition) is 0. The fraction of sp³-hybridized carbons (Fsp3) is 0.333. The molecule has 2 rings (SSSR count). The molecule has 1 amide bonds. The summed E-state index contributed by atoms with van der Waals surface area (Å²) in [6.45, 7) is 1.73. The maximum absolute atomic E-state index is 11.8. The molecule has 1 heterocycles. The van der Waals surface area contributed by atoms with Crippen LogP contribution < -0.4 is 0 Å². The Hall–Kier alpha value is -1.95. The summed E-state index contributed by atoms with van der Waals surface area (Å²) in [5.41, 5.74) is 0.806. The van der Waals surface area contributed by atoms with Gasteiger partial charge >= 0.3 is 0 Å². The number of rotatable bonds is 3. The predicted molar refractivity (Wildman–Crippen MR) is 71.7 cm³/mol. The van der Waals surface area contributed by atoms with Crippen LogP contribution in [-0.4, -0.2) is 45.1 Å². The molecule has 6 nitrogen and oxygen atoms in total. The van der Waals surface area contributed by atoms with Crippen molar-refractivity contribution in [1.82, 2.24) is 25.1 Å². The van der Waals surface area contributed by atoms with Gasteiger partial charge in [0.15, 0.2) is 0 Å². The standard InChI is InChI=1S/C12H14ClN5O/c1-8(12(19)17(2)3)18-15-11(14-16-18)9-4-6-10(13)7-5-9/h4-8H,1-3H3/t8-/m1/s1. The van der Waals surface area contributed by atoms with E-state index < -0.39 is 6.04 Å². The van der Waals surface area contributed by atoms with Crippen LogP contribution in [0.25, 0.3) is 11.4 Å². The first kappa shape index (κ1) is 13.5. The zero-order valence-corrected chi connectivity index (χ0v) is 11.7. The van der Waals surface area contributed by atoms with Crippen LogP contribution in [-0.2, 0) is 4.79 Å². The molecule has 0 saturated heterocycles. The monoisotopic (exact) mass is 279 g/mol. The number of halogens is 1. The maximum atomic E-state index is 11.8. The third-order valence-corrected chi connectivity index (χ3v) is 2.93. The molecular weight excluding hydrogens is 266 g/mol. The van der Waals surface area contributed by atoms with E-state index in [0.29, 0.717) is 10.8 Å². The molecule has 0 aliphatic rings. The van der Waals surface area contributed by atoms with Gasteiger partial charge in [0.25, 0.3) is 0 Å². The van der Waals surface area contributed by atoms with E-state index in [4.69, 9.17) is 11.6 Å². The van der Waals surface area contributed by atoms with Gasteiger partial charge in [-0.15, -0.1) is 10.2 Å². The number of nitrogens with zero attached hydrogens (tertiary/aromatic N) is 5. The van der Waals surface area contributed by atoms with E-state index in [1.165, 1.54) is 9.70 Å². The fourth-order valence-corrected chi connectivity index (χ4v) is 1.70. The van der Waals surface area contributed by atoms with Crippen LogP contribution in [0, 0.1) is 0 Å². The highest BCUT2D eigenvalue weighted by Gasteiger charge is 2.20. The lowest BCUT2D eigenvalue weighted by molar-refractivity contribution is -0.132. The average molecular weight is 280 g/mol. The summed E-state index contributed by atoms with van der Waals surface area (Å²) in [5, 5.41) is 12.7. The number of likely N-dealkylation sites (N-methyl/N-ethyl adjacent to an activating group) is 1. The van der Waals surface area contributed by atoms with Crippen molar-refractivity contribution in [3.05, 3.63) is 29.3 Å². The lowest BCUT2D eigenvalue weighted by Crippen LogP contribution is -2.31. The van der Waals surface area contributed by atoms with Gasteiger partial charge in [0.2, 0.25) is 11.7 Å². The van der Waals surface area contributed by atoms with Crippen LogP contribution in [0.4, 0.5) is 0 Å².